The van der Waals surface area contributed by atoms with Gasteiger partial charge in [0.25, 0.3) is 0 Å². The summed E-state index contributed by atoms with van der Waals surface area (Å²) < 4.78 is 21.5. The Morgan fingerprint density at radius 1 is 1.00 bits per heavy atom. The summed E-state index contributed by atoms with van der Waals surface area (Å²) in [6, 6.07) is 13.9. The van der Waals surface area contributed by atoms with Crippen molar-refractivity contribution in [3.05, 3.63) is 59.2 Å². The summed E-state index contributed by atoms with van der Waals surface area (Å²) in [7, 11) is -3.95. The van der Waals surface area contributed by atoms with Crippen LogP contribution in [0.3, 0.4) is 0 Å². The molecule has 4 nitrogen and oxygen atoms in total. The summed E-state index contributed by atoms with van der Waals surface area (Å²) in [6.07, 6.45) is 0. The zero-order valence-corrected chi connectivity index (χ0v) is 12.0. The molecule has 2 aromatic rings. The molecule has 2 bridgehead atoms. The predicted molar refractivity (Wildman–Crippen MR) is 76.0 cm³/mol. The normalized spacial score (nSPS) is 17.3. The third kappa shape index (κ3) is 2.69. The first-order chi connectivity index (χ1) is 9.55. The van der Waals surface area contributed by atoms with Crippen LogP contribution in [-0.4, -0.2) is 4.89 Å². The lowest BCUT2D eigenvalue weighted by molar-refractivity contribution is 0.134. The SMILES string of the molecule is Cc1ccc(-c2c3cccc2COP(=O)(O)OC3)cc1. The number of phosphoric acid groups is 1. The van der Waals surface area contributed by atoms with Crippen molar-refractivity contribution in [2.75, 3.05) is 0 Å². The van der Waals surface area contributed by atoms with Crippen molar-refractivity contribution >= 4 is 7.82 Å². The first-order valence-corrected chi connectivity index (χ1v) is 7.84. The van der Waals surface area contributed by atoms with Crippen LogP contribution in [0.4, 0.5) is 0 Å². The summed E-state index contributed by atoms with van der Waals surface area (Å²) in [6.45, 7) is 2.16. The lowest BCUT2D eigenvalue weighted by atomic mass is 9.94. The predicted octanol–water partition coefficient (Wildman–Crippen LogP) is 3.81. The van der Waals surface area contributed by atoms with Gasteiger partial charge in [-0.25, -0.2) is 4.57 Å². The van der Waals surface area contributed by atoms with E-state index < -0.39 is 7.82 Å². The van der Waals surface area contributed by atoms with Crippen molar-refractivity contribution in [3.8, 4) is 11.1 Å². The highest BCUT2D eigenvalue weighted by molar-refractivity contribution is 7.47. The van der Waals surface area contributed by atoms with Gasteiger partial charge in [0.1, 0.15) is 0 Å². The Labute approximate surface area is 117 Å². The van der Waals surface area contributed by atoms with Gasteiger partial charge in [0, 0.05) is 0 Å². The average Bonchev–Trinajstić information content (AvgIpc) is 2.43. The van der Waals surface area contributed by atoms with E-state index in [4.69, 9.17) is 9.05 Å². The minimum Gasteiger partial charge on any atom is -0.302 e. The second-order valence-electron chi connectivity index (χ2n) is 4.83. The summed E-state index contributed by atoms with van der Waals surface area (Å²) in [5.41, 5.74) is 5.05. The fourth-order valence-electron chi connectivity index (χ4n) is 2.32. The number of rotatable bonds is 1. The fourth-order valence-corrected chi connectivity index (χ4v) is 3.00. The molecule has 0 aromatic heterocycles. The van der Waals surface area contributed by atoms with Gasteiger partial charge in [-0.05, 0) is 29.2 Å². The molecule has 0 fully saturated rings. The van der Waals surface area contributed by atoms with Gasteiger partial charge in [-0.3, -0.25) is 9.05 Å². The molecule has 3 rings (SSSR count). The topological polar surface area (TPSA) is 55.8 Å². The van der Waals surface area contributed by atoms with Crippen molar-refractivity contribution in [2.24, 2.45) is 0 Å². The van der Waals surface area contributed by atoms with Gasteiger partial charge in [0.05, 0.1) is 13.2 Å². The maximum Gasteiger partial charge on any atom is 0.472 e. The third-order valence-corrected chi connectivity index (χ3v) is 4.25. The lowest BCUT2D eigenvalue weighted by Crippen LogP contribution is -2.05. The number of hydrogen-bond acceptors (Lipinski definition) is 3. The Bertz CT molecular complexity index is 649. The Morgan fingerprint density at radius 3 is 2.10 bits per heavy atom. The third-order valence-electron chi connectivity index (χ3n) is 3.34. The number of phosphoric ester groups is 1. The van der Waals surface area contributed by atoms with E-state index in [0.717, 1.165) is 22.3 Å². The van der Waals surface area contributed by atoms with Gasteiger partial charge >= 0.3 is 7.82 Å². The monoisotopic (exact) mass is 290 g/mol. The molecule has 1 aliphatic rings. The van der Waals surface area contributed by atoms with Crippen LogP contribution in [0.2, 0.25) is 0 Å². The van der Waals surface area contributed by atoms with E-state index in [0.29, 0.717) is 0 Å². The molecule has 0 atom stereocenters. The summed E-state index contributed by atoms with van der Waals surface area (Å²) >= 11 is 0. The van der Waals surface area contributed by atoms with Gasteiger partial charge in [0.15, 0.2) is 0 Å². The molecular formula is C15H15O4P. The molecule has 104 valence electrons. The van der Waals surface area contributed by atoms with Gasteiger partial charge in [-0.15, -0.1) is 0 Å². The molecule has 0 radical (unpaired) electrons. The van der Waals surface area contributed by atoms with Crippen molar-refractivity contribution in [2.45, 2.75) is 20.1 Å². The maximum absolute atomic E-state index is 11.6. The van der Waals surface area contributed by atoms with Crippen molar-refractivity contribution in [3.63, 3.8) is 0 Å². The Kier molecular flexibility index (Phi) is 3.48. The molecule has 1 aliphatic heterocycles. The van der Waals surface area contributed by atoms with Crippen LogP contribution in [-0.2, 0) is 26.8 Å². The van der Waals surface area contributed by atoms with Crippen molar-refractivity contribution < 1.29 is 18.5 Å². The van der Waals surface area contributed by atoms with E-state index in [1.165, 1.54) is 5.56 Å². The van der Waals surface area contributed by atoms with Gasteiger partial charge in [-0.1, -0.05) is 48.0 Å². The van der Waals surface area contributed by atoms with Crippen molar-refractivity contribution in [1.82, 2.24) is 0 Å². The molecule has 2 aromatic carbocycles. The van der Waals surface area contributed by atoms with E-state index in [1.807, 2.05) is 49.4 Å². The second kappa shape index (κ2) is 5.15. The standard InChI is InChI=1S/C15H15O4P/c1-11-5-7-12(8-6-11)15-13-3-2-4-14(15)10-19-20(16,17)18-9-13/h2-8H,9-10H2,1H3,(H,16,17). The maximum atomic E-state index is 11.6. The van der Waals surface area contributed by atoms with Gasteiger partial charge in [0.2, 0.25) is 0 Å². The highest BCUT2D eigenvalue weighted by Crippen LogP contribution is 2.48. The number of hydrogen-bond donors (Lipinski definition) is 1. The first kappa shape index (κ1) is 13.5. The van der Waals surface area contributed by atoms with E-state index in [2.05, 4.69) is 0 Å². The van der Waals surface area contributed by atoms with Crippen LogP contribution in [0.1, 0.15) is 16.7 Å². The zero-order chi connectivity index (χ0) is 14.2. The van der Waals surface area contributed by atoms with Crippen LogP contribution >= 0.6 is 7.82 Å². The molecule has 0 saturated carbocycles. The molecular weight excluding hydrogens is 275 g/mol. The molecule has 0 aliphatic carbocycles. The molecule has 0 unspecified atom stereocenters. The summed E-state index contributed by atoms with van der Waals surface area (Å²) in [5, 5.41) is 0. The van der Waals surface area contributed by atoms with E-state index >= 15 is 0 Å². The Balaban J connectivity index is 2.10. The summed E-state index contributed by atoms with van der Waals surface area (Å²) in [5.74, 6) is 0. The van der Waals surface area contributed by atoms with E-state index in [9.17, 15) is 9.46 Å². The Hall–Kier alpha value is -1.45. The smallest absolute Gasteiger partial charge is 0.302 e. The number of aryl methyl sites for hydroxylation is 1. The molecule has 1 heterocycles. The second-order valence-corrected chi connectivity index (χ2v) is 6.29. The van der Waals surface area contributed by atoms with Crippen LogP contribution in [0.15, 0.2) is 42.5 Å². The van der Waals surface area contributed by atoms with Crippen LogP contribution in [0.25, 0.3) is 11.1 Å². The molecule has 0 amide bonds. The lowest BCUT2D eigenvalue weighted by Gasteiger charge is -2.21. The van der Waals surface area contributed by atoms with Crippen LogP contribution in [0, 0.1) is 6.92 Å². The van der Waals surface area contributed by atoms with Gasteiger partial charge < -0.3 is 4.89 Å². The largest absolute Gasteiger partial charge is 0.472 e. The zero-order valence-electron chi connectivity index (χ0n) is 11.1. The molecule has 1 N–H and O–H groups in total. The molecule has 5 heteroatoms. The molecule has 20 heavy (non-hydrogen) atoms. The fraction of sp³-hybridized carbons (Fsp3) is 0.200. The molecule has 0 saturated heterocycles. The van der Waals surface area contributed by atoms with Crippen molar-refractivity contribution in [1.29, 1.82) is 0 Å². The summed E-state index contributed by atoms with van der Waals surface area (Å²) in [4.78, 5) is 9.47. The molecule has 0 spiro atoms. The van der Waals surface area contributed by atoms with E-state index in [1.54, 1.807) is 0 Å². The highest BCUT2D eigenvalue weighted by atomic mass is 31.2. The van der Waals surface area contributed by atoms with E-state index in [-0.39, 0.29) is 13.2 Å². The first-order valence-electron chi connectivity index (χ1n) is 6.35. The average molecular weight is 290 g/mol. The number of benzene rings is 2. The van der Waals surface area contributed by atoms with Crippen LogP contribution in [0.5, 0.6) is 0 Å². The number of fused-ring (bicyclic) bond motifs is 2. The van der Waals surface area contributed by atoms with Gasteiger partial charge in [-0.2, -0.15) is 0 Å². The quantitative estimate of drug-likeness (QED) is 0.811. The van der Waals surface area contributed by atoms with Crippen LogP contribution < -0.4 is 0 Å². The Morgan fingerprint density at radius 2 is 1.55 bits per heavy atom. The highest BCUT2D eigenvalue weighted by Gasteiger charge is 2.26. The minimum atomic E-state index is -3.95. The minimum absolute atomic E-state index is 0.0603.